The molecule has 3 heterocycles. The van der Waals surface area contributed by atoms with Crippen molar-refractivity contribution in [2.75, 3.05) is 12.4 Å². The molecule has 0 radical (unpaired) electrons. The number of benzene rings is 1. The standard InChI is InChI=1S/C20H17N5O5/c1-27-14-6-8-15(9-7-14)29-17-13(4-2-10-21-17)12-22-19(26)23-20-25-24-18(30-20)16-5-3-11-28-16/h2-11H,12H2,1H3,(H2,22,23,25,26). The van der Waals surface area contributed by atoms with Gasteiger partial charge in [-0.1, -0.05) is 11.2 Å². The number of nitrogens with zero attached hydrogens (tertiary/aromatic N) is 3. The van der Waals surface area contributed by atoms with E-state index in [1.807, 2.05) is 0 Å². The number of hydrogen-bond donors (Lipinski definition) is 2. The number of pyridine rings is 1. The first kappa shape index (κ1) is 19.0. The number of carbonyl (C=O) groups excluding carboxylic acids is 1. The molecule has 0 aliphatic heterocycles. The molecule has 10 nitrogen and oxygen atoms in total. The largest absolute Gasteiger partial charge is 0.497 e. The van der Waals surface area contributed by atoms with E-state index in [1.165, 1.54) is 6.26 Å². The van der Waals surface area contributed by atoms with Crippen LogP contribution in [0.2, 0.25) is 0 Å². The first-order valence-corrected chi connectivity index (χ1v) is 8.89. The summed E-state index contributed by atoms with van der Waals surface area (Å²) in [5.41, 5.74) is 0.685. The summed E-state index contributed by atoms with van der Waals surface area (Å²) < 4.78 is 21.4. The minimum absolute atomic E-state index is 0.0557. The molecular formula is C20H17N5O5. The third-order valence-corrected chi connectivity index (χ3v) is 3.94. The molecule has 0 fully saturated rings. The Hall–Kier alpha value is -4.34. The fourth-order valence-electron chi connectivity index (χ4n) is 2.50. The molecule has 1 aromatic carbocycles. The van der Waals surface area contributed by atoms with E-state index < -0.39 is 6.03 Å². The van der Waals surface area contributed by atoms with Crippen LogP contribution in [0.4, 0.5) is 10.8 Å². The molecule has 0 spiro atoms. The topological polar surface area (TPSA) is 125 Å². The van der Waals surface area contributed by atoms with E-state index in [1.54, 1.807) is 61.8 Å². The van der Waals surface area contributed by atoms with Crippen LogP contribution in [-0.2, 0) is 6.54 Å². The number of urea groups is 1. The van der Waals surface area contributed by atoms with Crippen molar-refractivity contribution in [1.82, 2.24) is 20.5 Å². The van der Waals surface area contributed by atoms with Crippen molar-refractivity contribution in [2.24, 2.45) is 0 Å². The van der Waals surface area contributed by atoms with Crippen LogP contribution < -0.4 is 20.1 Å². The van der Waals surface area contributed by atoms with Crippen molar-refractivity contribution in [2.45, 2.75) is 6.54 Å². The lowest BCUT2D eigenvalue weighted by Gasteiger charge is -2.11. The van der Waals surface area contributed by atoms with E-state index in [4.69, 9.17) is 18.3 Å². The van der Waals surface area contributed by atoms with E-state index in [0.29, 0.717) is 23.0 Å². The Bertz CT molecular complexity index is 1110. The number of methoxy groups -OCH3 is 1. The van der Waals surface area contributed by atoms with Gasteiger partial charge in [-0.2, -0.15) is 0 Å². The van der Waals surface area contributed by atoms with Crippen LogP contribution in [0.1, 0.15) is 5.56 Å². The summed E-state index contributed by atoms with van der Waals surface area (Å²) in [6.07, 6.45) is 3.09. The Balaban J connectivity index is 1.36. The zero-order valence-corrected chi connectivity index (χ0v) is 15.9. The summed E-state index contributed by atoms with van der Waals surface area (Å²) in [5.74, 6) is 2.26. The van der Waals surface area contributed by atoms with Gasteiger partial charge in [0.25, 0.3) is 5.89 Å². The van der Waals surface area contributed by atoms with Crippen molar-refractivity contribution in [3.8, 4) is 29.0 Å². The molecule has 10 heteroatoms. The third kappa shape index (κ3) is 4.55. The molecule has 2 N–H and O–H groups in total. The smallest absolute Gasteiger partial charge is 0.324 e. The van der Waals surface area contributed by atoms with E-state index in [0.717, 1.165) is 5.75 Å². The molecule has 0 atom stereocenters. The third-order valence-electron chi connectivity index (χ3n) is 3.94. The molecule has 0 saturated carbocycles. The van der Waals surface area contributed by atoms with Crippen LogP contribution in [0.3, 0.4) is 0 Å². The van der Waals surface area contributed by atoms with Gasteiger partial charge in [0.1, 0.15) is 11.5 Å². The fraction of sp³-hybridized carbons (Fsp3) is 0.100. The summed E-state index contributed by atoms with van der Waals surface area (Å²) in [5, 5.41) is 12.7. The highest BCUT2D eigenvalue weighted by molar-refractivity contribution is 5.86. The van der Waals surface area contributed by atoms with Crippen LogP contribution in [0.25, 0.3) is 11.7 Å². The molecule has 0 aliphatic rings. The number of aromatic nitrogens is 3. The number of amides is 2. The van der Waals surface area contributed by atoms with Gasteiger partial charge in [-0.25, -0.2) is 9.78 Å². The maximum Gasteiger partial charge on any atom is 0.324 e. The fourth-order valence-corrected chi connectivity index (χ4v) is 2.50. The average Bonchev–Trinajstić information content (AvgIpc) is 3.46. The number of carbonyl (C=O) groups is 1. The SMILES string of the molecule is COc1ccc(Oc2ncccc2CNC(=O)Nc2nnc(-c3ccco3)o2)cc1. The van der Waals surface area contributed by atoms with Crippen LogP contribution in [0, 0.1) is 0 Å². The van der Waals surface area contributed by atoms with Crippen molar-refractivity contribution < 1.29 is 23.1 Å². The second kappa shape index (κ2) is 8.78. The van der Waals surface area contributed by atoms with Gasteiger partial charge in [-0.05, 0) is 42.5 Å². The second-order valence-corrected chi connectivity index (χ2v) is 5.94. The van der Waals surface area contributed by atoms with Gasteiger partial charge < -0.3 is 23.6 Å². The average molecular weight is 407 g/mol. The Morgan fingerprint density at radius 2 is 1.90 bits per heavy atom. The zero-order chi connectivity index (χ0) is 20.8. The summed E-state index contributed by atoms with van der Waals surface area (Å²) in [6, 6.07) is 13.4. The minimum Gasteiger partial charge on any atom is -0.497 e. The van der Waals surface area contributed by atoms with Crippen molar-refractivity contribution in [1.29, 1.82) is 0 Å². The van der Waals surface area contributed by atoms with Gasteiger partial charge in [0.2, 0.25) is 5.88 Å². The number of ether oxygens (including phenoxy) is 2. The first-order chi connectivity index (χ1) is 14.7. The molecule has 2 amide bonds. The van der Waals surface area contributed by atoms with E-state index >= 15 is 0 Å². The molecule has 30 heavy (non-hydrogen) atoms. The molecule has 0 unspecified atom stereocenters. The second-order valence-electron chi connectivity index (χ2n) is 5.94. The highest BCUT2D eigenvalue weighted by Gasteiger charge is 2.14. The van der Waals surface area contributed by atoms with Crippen molar-refractivity contribution in [3.05, 3.63) is 66.6 Å². The maximum absolute atomic E-state index is 12.2. The summed E-state index contributed by atoms with van der Waals surface area (Å²) in [7, 11) is 1.59. The highest BCUT2D eigenvalue weighted by atomic mass is 16.5. The summed E-state index contributed by atoms with van der Waals surface area (Å²) in [6.45, 7) is 0.171. The summed E-state index contributed by atoms with van der Waals surface area (Å²) in [4.78, 5) is 16.4. The Morgan fingerprint density at radius 1 is 1.07 bits per heavy atom. The molecule has 4 aromatic rings. The zero-order valence-electron chi connectivity index (χ0n) is 15.9. The molecular weight excluding hydrogens is 390 g/mol. The van der Waals surface area contributed by atoms with E-state index in [9.17, 15) is 4.79 Å². The monoisotopic (exact) mass is 407 g/mol. The van der Waals surface area contributed by atoms with Gasteiger partial charge in [-0.3, -0.25) is 5.32 Å². The van der Waals surface area contributed by atoms with Gasteiger partial charge in [0.15, 0.2) is 5.76 Å². The number of rotatable bonds is 7. The van der Waals surface area contributed by atoms with Gasteiger partial charge >= 0.3 is 12.0 Å². The van der Waals surface area contributed by atoms with E-state index in [2.05, 4.69) is 25.8 Å². The first-order valence-electron chi connectivity index (χ1n) is 8.89. The lowest BCUT2D eigenvalue weighted by atomic mass is 10.2. The Labute approximate surface area is 170 Å². The molecule has 0 bridgehead atoms. The lowest BCUT2D eigenvalue weighted by Crippen LogP contribution is -2.28. The van der Waals surface area contributed by atoms with Crippen LogP contribution in [-0.4, -0.2) is 28.3 Å². The maximum atomic E-state index is 12.2. The Morgan fingerprint density at radius 3 is 2.67 bits per heavy atom. The Kier molecular flexibility index (Phi) is 5.56. The van der Waals surface area contributed by atoms with Crippen molar-refractivity contribution >= 4 is 12.0 Å². The van der Waals surface area contributed by atoms with Crippen LogP contribution in [0.5, 0.6) is 17.4 Å². The molecule has 4 rings (SSSR count). The molecule has 3 aromatic heterocycles. The highest BCUT2D eigenvalue weighted by Crippen LogP contribution is 2.25. The number of furan rings is 1. The van der Waals surface area contributed by atoms with Gasteiger partial charge in [-0.15, -0.1) is 5.10 Å². The molecule has 152 valence electrons. The van der Waals surface area contributed by atoms with Crippen LogP contribution in [0.15, 0.2) is 69.8 Å². The molecule has 0 aliphatic carbocycles. The number of hydrogen-bond acceptors (Lipinski definition) is 8. The lowest BCUT2D eigenvalue weighted by molar-refractivity contribution is 0.251. The quantitative estimate of drug-likeness (QED) is 0.473. The van der Waals surface area contributed by atoms with Crippen LogP contribution >= 0.6 is 0 Å². The number of nitrogens with one attached hydrogen (secondary N) is 2. The van der Waals surface area contributed by atoms with Crippen molar-refractivity contribution in [3.63, 3.8) is 0 Å². The molecule has 0 saturated heterocycles. The number of anilines is 1. The normalized spacial score (nSPS) is 10.4. The summed E-state index contributed by atoms with van der Waals surface area (Å²) >= 11 is 0. The van der Waals surface area contributed by atoms with Gasteiger partial charge in [0, 0.05) is 18.3 Å². The minimum atomic E-state index is -0.524. The van der Waals surface area contributed by atoms with Gasteiger partial charge in [0.05, 0.1) is 13.4 Å². The predicted octanol–water partition coefficient (Wildman–Crippen LogP) is 3.85. The predicted molar refractivity (Wildman–Crippen MR) is 105 cm³/mol. The van der Waals surface area contributed by atoms with E-state index in [-0.39, 0.29) is 18.5 Å².